The van der Waals surface area contributed by atoms with Gasteiger partial charge in [-0.25, -0.2) is 0 Å². The van der Waals surface area contributed by atoms with E-state index < -0.39 is 0 Å². The lowest BCUT2D eigenvalue weighted by atomic mass is 10.0. The second-order valence-corrected chi connectivity index (χ2v) is 5.11. The van der Waals surface area contributed by atoms with Gasteiger partial charge in [-0.3, -0.25) is 0 Å². The summed E-state index contributed by atoms with van der Waals surface area (Å²) in [6, 6.07) is 11.6. The number of rotatable bonds is 3. The Hall–Kier alpha value is -1.18. The predicted molar refractivity (Wildman–Crippen MR) is 80.3 cm³/mol. The average Bonchev–Trinajstić information content (AvgIpc) is 2.33. The van der Waals surface area contributed by atoms with Crippen molar-refractivity contribution in [1.29, 1.82) is 0 Å². The lowest BCUT2D eigenvalue weighted by Gasteiger charge is -2.09. The molecule has 0 spiro atoms. The number of halogens is 2. The molecule has 18 heavy (non-hydrogen) atoms. The van der Waals surface area contributed by atoms with Crippen LogP contribution in [-0.4, -0.2) is 0 Å². The van der Waals surface area contributed by atoms with Gasteiger partial charge in [-0.2, -0.15) is 0 Å². The maximum atomic E-state index is 6.22. The van der Waals surface area contributed by atoms with Gasteiger partial charge >= 0.3 is 0 Å². The van der Waals surface area contributed by atoms with E-state index in [4.69, 9.17) is 28.9 Å². The van der Waals surface area contributed by atoms with E-state index in [2.05, 4.69) is 13.0 Å². The normalized spacial score (nSPS) is 10.6. The number of nitrogens with two attached hydrogens (primary N) is 1. The quantitative estimate of drug-likeness (QED) is 0.769. The maximum absolute atomic E-state index is 6.22. The van der Waals surface area contributed by atoms with Crippen molar-refractivity contribution in [3.63, 3.8) is 0 Å². The highest BCUT2D eigenvalue weighted by molar-refractivity contribution is 6.34. The Labute approximate surface area is 118 Å². The van der Waals surface area contributed by atoms with Crippen LogP contribution >= 0.6 is 23.2 Å². The molecule has 2 rings (SSSR count). The van der Waals surface area contributed by atoms with E-state index in [0.717, 1.165) is 34.6 Å². The van der Waals surface area contributed by atoms with Crippen molar-refractivity contribution in [2.45, 2.75) is 19.8 Å². The van der Waals surface area contributed by atoms with Crippen molar-refractivity contribution >= 4 is 28.9 Å². The number of hydrogen-bond donors (Lipinski definition) is 1. The van der Waals surface area contributed by atoms with Crippen LogP contribution in [0.1, 0.15) is 18.9 Å². The molecule has 3 heteroatoms. The van der Waals surface area contributed by atoms with Gasteiger partial charge in [0.05, 0.1) is 5.02 Å². The molecule has 2 aromatic carbocycles. The molecule has 0 saturated carbocycles. The first-order valence-corrected chi connectivity index (χ1v) is 6.71. The van der Waals surface area contributed by atoms with Gasteiger partial charge in [0.15, 0.2) is 0 Å². The first-order valence-electron chi connectivity index (χ1n) is 5.95. The molecular weight excluding hydrogens is 265 g/mol. The van der Waals surface area contributed by atoms with Crippen LogP contribution < -0.4 is 5.73 Å². The Balaban J connectivity index is 2.47. The highest BCUT2D eigenvalue weighted by Gasteiger charge is 2.07. The third-order valence-electron chi connectivity index (χ3n) is 2.87. The molecule has 0 aliphatic heterocycles. The standard InChI is InChI=1S/C15H15Cl2N/c1-2-3-11-8-10(4-7-14(11)16)13-6-5-12(18)9-15(13)17/h4-9H,2-3,18H2,1H3. The fourth-order valence-electron chi connectivity index (χ4n) is 1.97. The van der Waals surface area contributed by atoms with Gasteiger partial charge in [-0.05, 0) is 41.8 Å². The lowest BCUT2D eigenvalue weighted by Crippen LogP contribution is -1.89. The molecule has 0 saturated heterocycles. The monoisotopic (exact) mass is 279 g/mol. The van der Waals surface area contributed by atoms with Gasteiger partial charge in [-0.1, -0.05) is 48.7 Å². The van der Waals surface area contributed by atoms with Crippen LogP contribution in [0.3, 0.4) is 0 Å². The second-order valence-electron chi connectivity index (χ2n) is 4.30. The van der Waals surface area contributed by atoms with Gasteiger partial charge < -0.3 is 5.73 Å². The SMILES string of the molecule is CCCc1cc(-c2ccc(N)cc2Cl)ccc1Cl. The van der Waals surface area contributed by atoms with Gasteiger partial charge in [0.1, 0.15) is 0 Å². The average molecular weight is 280 g/mol. The van der Waals surface area contributed by atoms with Crippen molar-refractivity contribution in [2.24, 2.45) is 0 Å². The Morgan fingerprint density at radius 3 is 2.44 bits per heavy atom. The van der Waals surface area contributed by atoms with Crippen molar-refractivity contribution < 1.29 is 0 Å². The zero-order chi connectivity index (χ0) is 13.1. The van der Waals surface area contributed by atoms with Gasteiger partial charge in [0.25, 0.3) is 0 Å². The number of hydrogen-bond acceptors (Lipinski definition) is 1. The highest BCUT2D eigenvalue weighted by atomic mass is 35.5. The molecule has 2 N–H and O–H groups in total. The molecule has 0 fully saturated rings. The van der Waals surface area contributed by atoms with Gasteiger partial charge in [-0.15, -0.1) is 0 Å². The molecule has 0 bridgehead atoms. The minimum atomic E-state index is 0.666. The van der Waals surface area contributed by atoms with Crippen LogP contribution in [0.5, 0.6) is 0 Å². The van der Waals surface area contributed by atoms with Crippen LogP contribution in [-0.2, 0) is 6.42 Å². The van der Waals surface area contributed by atoms with Gasteiger partial charge in [0.2, 0.25) is 0 Å². The Kier molecular flexibility index (Phi) is 4.15. The summed E-state index contributed by atoms with van der Waals surface area (Å²) >= 11 is 12.4. The first-order chi connectivity index (χ1) is 8.61. The van der Waals surface area contributed by atoms with E-state index in [1.165, 1.54) is 0 Å². The Bertz CT molecular complexity index is 564. The molecule has 0 aliphatic carbocycles. The molecule has 2 aromatic rings. The Morgan fingerprint density at radius 2 is 1.78 bits per heavy atom. The van der Waals surface area contributed by atoms with Crippen LogP contribution in [0.2, 0.25) is 10.0 Å². The van der Waals surface area contributed by atoms with E-state index in [1.807, 2.05) is 24.3 Å². The van der Waals surface area contributed by atoms with Crippen LogP contribution in [0.15, 0.2) is 36.4 Å². The topological polar surface area (TPSA) is 26.0 Å². The Morgan fingerprint density at radius 1 is 1.00 bits per heavy atom. The zero-order valence-electron chi connectivity index (χ0n) is 10.2. The zero-order valence-corrected chi connectivity index (χ0v) is 11.7. The third kappa shape index (κ3) is 2.80. The van der Waals surface area contributed by atoms with Gasteiger partial charge in [0, 0.05) is 16.3 Å². The number of nitrogen functional groups attached to an aromatic ring is 1. The molecule has 0 radical (unpaired) electrons. The second kappa shape index (κ2) is 5.64. The molecular formula is C15H15Cl2N. The molecule has 1 nitrogen and oxygen atoms in total. The molecule has 0 heterocycles. The van der Waals surface area contributed by atoms with E-state index in [-0.39, 0.29) is 0 Å². The van der Waals surface area contributed by atoms with E-state index >= 15 is 0 Å². The molecule has 0 amide bonds. The summed E-state index contributed by atoms with van der Waals surface area (Å²) < 4.78 is 0. The maximum Gasteiger partial charge on any atom is 0.0504 e. The summed E-state index contributed by atoms with van der Waals surface area (Å²) in [5, 5.41) is 1.48. The van der Waals surface area contributed by atoms with E-state index in [1.54, 1.807) is 6.07 Å². The molecule has 0 aromatic heterocycles. The van der Waals surface area contributed by atoms with Crippen LogP contribution in [0.4, 0.5) is 5.69 Å². The minimum absolute atomic E-state index is 0.666. The van der Waals surface area contributed by atoms with E-state index in [0.29, 0.717) is 10.7 Å². The van der Waals surface area contributed by atoms with Crippen molar-refractivity contribution in [2.75, 3.05) is 5.73 Å². The third-order valence-corrected chi connectivity index (χ3v) is 3.55. The van der Waals surface area contributed by atoms with Crippen molar-refractivity contribution in [1.82, 2.24) is 0 Å². The first kappa shape index (κ1) is 13.3. The number of benzene rings is 2. The van der Waals surface area contributed by atoms with Crippen LogP contribution in [0.25, 0.3) is 11.1 Å². The summed E-state index contributed by atoms with van der Waals surface area (Å²) in [5.41, 5.74) is 9.59. The smallest absolute Gasteiger partial charge is 0.0504 e. The van der Waals surface area contributed by atoms with Crippen molar-refractivity contribution in [3.05, 3.63) is 52.0 Å². The predicted octanol–water partition coefficient (Wildman–Crippen LogP) is 5.20. The number of aryl methyl sites for hydroxylation is 1. The fourth-order valence-corrected chi connectivity index (χ4v) is 2.48. The molecule has 0 aliphatic rings. The molecule has 94 valence electrons. The summed E-state index contributed by atoms with van der Waals surface area (Å²) in [4.78, 5) is 0. The fraction of sp³-hybridized carbons (Fsp3) is 0.200. The molecule has 0 unspecified atom stereocenters. The lowest BCUT2D eigenvalue weighted by molar-refractivity contribution is 0.922. The highest BCUT2D eigenvalue weighted by Crippen LogP contribution is 2.32. The minimum Gasteiger partial charge on any atom is -0.399 e. The van der Waals surface area contributed by atoms with E-state index in [9.17, 15) is 0 Å². The van der Waals surface area contributed by atoms with Crippen molar-refractivity contribution in [3.8, 4) is 11.1 Å². The summed E-state index contributed by atoms with van der Waals surface area (Å²) in [6.07, 6.45) is 2.04. The summed E-state index contributed by atoms with van der Waals surface area (Å²) in [5.74, 6) is 0. The molecule has 0 atom stereocenters. The largest absolute Gasteiger partial charge is 0.399 e. The summed E-state index contributed by atoms with van der Waals surface area (Å²) in [6.45, 7) is 2.14. The number of anilines is 1. The van der Waals surface area contributed by atoms with Crippen LogP contribution in [0, 0.1) is 0 Å². The summed E-state index contributed by atoms with van der Waals surface area (Å²) in [7, 11) is 0.